The highest BCUT2D eigenvalue weighted by Gasteiger charge is 2.59. The zero-order valence-electron chi connectivity index (χ0n) is 20.7. The molecule has 1 aliphatic heterocycles. The lowest BCUT2D eigenvalue weighted by atomic mass is 9.78. The second kappa shape index (κ2) is 8.87. The van der Waals surface area contributed by atoms with Crippen LogP contribution in [0.25, 0.3) is 0 Å². The molecule has 0 aromatic heterocycles. The number of benzene rings is 1. The number of phenols is 1. The lowest BCUT2D eigenvalue weighted by molar-refractivity contribution is -0.152. The molecule has 0 bridgehead atoms. The number of carbonyl (C=O) groups excluding carboxylic acids is 2. The minimum absolute atomic E-state index is 0.0532. The van der Waals surface area contributed by atoms with E-state index in [1.54, 1.807) is 0 Å². The number of hydrogen-bond acceptors (Lipinski definition) is 6. The Bertz CT molecular complexity index is 977. The van der Waals surface area contributed by atoms with E-state index in [2.05, 4.69) is 41.5 Å². The van der Waals surface area contributed by atoms with Crippen molar-refractivity contribution in [2.24, 2.45) is 0 Å². The molecule has 33 heavy (non-hydrogen) atoms. The second-order valence-electron chi connectivity index (χ2n) is 9.92. The van der Waals surface area contributed by atoms with E-state index in [-0.39, 0.29) is 39.9 Å². The fourth-order valence-corrected chi connectivity index (χ4v) is 11.4. The number of rotatable bonds is 7. The normalized spacial score (nSPS) is 22.9. The molecule has 0 amide bonds. The molecule has 1 fully saturated rings. The third-order valence-corrected chi connectivity index (χ3v) is 13.4. The predicted octanol–water partition coefficient (Wildman–Crippen LogP) is 5.72. The first-order valence-electron chi connectivity index (χ1n) is 11.6. The fraction of sp³-hybridized carbons (Fsp3) is 0.600. The number of carbonyl (C=O) groups is 2. The summed E-state index contributed by atoms with van der Waals surface area (Å²) in [5.41, 5.74) is -0.672. The molecule has 8 heteroatoms. The summed E-state index contributed by atoms with van der Waals surface area (Å²) in [6.07, 6.45) is 0.138. The van der Waals surface area contributed by atoms with Crippen molar-refractivity contribution in [3.05, 3.63) is 34.7 Å². The number of ketones is 1. The summed E-state index contributed by atoms with van der Waals surface area (Å²) in [6, 6.07) is 1.51. The van der Waals surface area contributed by atoms with Crippen molar-refractivity contribution in [3.63, 3.8) is 0 Å². The molecule has 2 aliphatic rings. The van der Waals surface area contributed by atoms with Crippen LogP contribution in [-0.2, 0) is 26.0 Å². The summed E-state index contributed by atoms with van der Waals surface area (Å²) in [6.45, 7) is 14.4. The first kappa shape index (κ1) is 25.4. The molecule has 1 heterocycles. The zero-order valence-corrected chi connectivity index (χ0v) is 21.7. The van der Waals surface area contributed by atoms with Crippen molar-refractivity contribution < 1.29 is 33.0 Å². The number of phenolic OH excluding ortho intramolecular Hbond substituents is 1. The minimum Gasteiger partial charge on any atom is -0.507 e. The van der Waals surface area contributed by atoms with E-state index in [4.69, 9.17) is 13.9 Å². The molecule has 1 N–H and O–H groups in total. The van der Waals surface area contributed by atoms with Crippen LogP contribution < -0.4 is 4.74 Å². The molecule has 0 radical (unpaired) electrons. The van der Waals surface area contributed by atoms with Crippen molar-refractivity contribution in [1.29, 1.82) is 0 Å². The van der Waals surface area contributed by atoms with E-state index in [0.717, 1.165) is 6.08 Å². The maximum Gasteiger partial charge on any atom is 0.335 e. The fourth-order valence-electron chi connectivity index (χ4n) is 5.89. The molecular formula is C25H35FO6Si. The summed E-state index contributed by atoms with van der Waals surface area (Å²) in [5.74, 6) is -2.15. The Morgan fingerprint density at radius 2 is 1.76 bits per heavy atom. The largest absolute Gasteiger partial charge is 0.507 e. The van der Waals surface area contributed by atoms with Crippen molar-refractivity contribution in [2.75, 3.05) is 7.11 Å². The average Bonchev–Trinajstić information content (AvgIpc) is 3.05. The van der Waals surface area contributed by atoms with Gasteiger partial charge in [-0.1, -0.05) is 48.5 Å². The lowest BCUT2D eigenvalue weighted by Crippen LogP contribution is -2.51. The van der Waals surface area contributed by atoms with Gasteiger partial charge in [-0.2, -0.15) is 0 Å². The topological polar surface area (TPSA) is 82.1 Å². The molecule has 182 valence electrons. The molecule has 1 aromatic carbocycles. The predicted molar refractivity (Wildman–Crippen MR) is 126 cm³/mol. The SMILES string of the molecule is CCc1c(OC)cc2c(c1O)C(=O)C=C(F)[C@@]21C[C@@H](O[Si](C(C)C)(C(C)C)C(C)C)C(=O)O1. The molecular weight excluding hydrogens is 443 g/mol. The van der Waals surface area contributed by atoms with Gasteiger partial charge in [-0.15, -0.1) is 0 Å². The van der Waals surface area contributed by atoms with E-state index < -0.39 is 37.6 Å². The van der Waals surface area contributed by atoms with Gasteiger partial charge >= 0.3 is 5.97 Å². The summed E-state index contributed by atoms with van der Waals surface area (Å²) >= 11 is 0. The van der Waals surface area contributed by atoms with Gasteiger partial charge < -0.3 is 19.0 Å². The Labute approximate surface area is 196 Å². The van der Waals surface area contributed by atoms with Gasteiger partial charge in [0.1, 0.15) is 17.6 Å². The molecule has 1 saturated heterocycles. The highest BCUT2D eigenvalue weighted by atomic mass is 28.4. The second-order valence-corrected chi connectivity index (χ2v) is 15.3. The summed E-state index contributed by atoms with van der Waals surface area (Å²) < 4.78 is 33.2. The van der Waals surface area contributed by atoms with E-state index in [0.29, 0.717) is 17.7 Å². The summed E-state index contributed by atoms with van der Waals surface area (Å²) in [7, 11) is -1.03. The van der Waals surface area contributed by atoms with E-state index in [9.17, 15) is 14.7 Å². The number of hydrogen-bond donors (Lipinski definition) is 1. The molecule has 1 aromatic rings. The van der Waals surface area contributed by atoms with Crippen molar-refractivity contribution in [1.82, 2.24) is 0 Å². The van der Waals surface area contributed by atoms with Gasteiger partial charge in [-0.25, -0.2) is 9.18 Å². The molecule has 6 nitrogen and oxygen atoms in total. The first-order chi connectivity index (χ1) is 15.4. The van der Waals surface area contributed by atoms with Gasteiger partial charge in [0.15, 0.2) is 17.2 Å². The number of aromatic hydroxyl groups is 1. The third kappa shape index (κ3) is 3.71. The van der Waals surface area contributed by atoms with Crippen LogP contribution in [0, 0.1) is 0 Å². The van der Waals surface area contributed by atoms with Crippen molar-refractivity contribution in [3.8, 4) is 11.5 Å². The van der Waals surface area contributed by atoms with Crippen LogP contribution in [0.15, 0.2) is 18.0 Å². The summed E-state index contributed by atoms with van der Waals surface area (Å²) in [4.78, 5) is 25.8. The Morgan fingerprint density at radius 3 is 2.24 bits per heavy atom. The van der Waals surface area contributed by atoms with Crippen LogP contribution >= 0.6 is 0 Å². The third-order valence-electron chi connectivity index (χ3n) is 7.33. The lowest BCUT2D eigenvalue weighted by Gasteiger charge is -2.43. The van der Waals surface area contributed by atoms with Crippen LogP contribution in [0.4, 0.5) is 4.39 Å². The zero-order chi connectivity index (χ0) is 24.9. The number of ether oxygens (including phenoxy) is 2. The number of methoxy groups -OCH3 is 1. The smallest absolute Gasteiger partial charge is 0.335 e. The van der Waals surface area contributed by atoms with Crippen molar-refractivity contribution in [2.45, 2.75) is 89.6 Å². The quantitative estimate of drug-likeness (QED) is 0.399. The Balaban J connectivity index is 2.15. The van der Waals surface area contributed by atoms with Crippen LogP contribution in [0.1, 0.15) is 76.4 Å². The molecule has 3 rings (SSSR count). The Morgan fingerprint density at radius 1 is 1.18 bits per heavy atom. The maximum absolute atomic E-state index is 15.5. The van der Waals surface area contributed by atoms with Gasteiger partial charge in [0.25, 0.3) is 0 Å². The van der Waals surface area contributed by atoms with Crippen LogP contribution in [0.2, 0.25) is 16.6 Å². The van der Waals surface area contributed by atoms with Gasteiger partial charge in [0.05, 0.1) is 12.7 Å². The van der Waals surface area contributed by atoms with Gasteiger partial charge in [-0.3, -0.25) is 4.79 Å². The molecule has 0 unspecified atom stereocenters. The Hall–Kier alpha value is -2.19. The monoisotopic (exact) mass is 478 g/mol. The number of fused-ring (bicyclic) bond motifs is 2. The number of allylic oxidation sites excluding steroid dienone is 1. The van der Waals surface area contributed by atoms with E-state index in [1.165, 1.54) is 13.2 Å². The standard InChI is InChI=1S/C25H35FO6Si/c1-9-16-19(30-8)10-17-22(23(16)28)18(27)11-21(26)25(17)12-20(24(29)31-25)32-33(13(2)3,14(4)5)15(6)7/h10-11,13-15,20,28H,9,12H2,1-8H3/t20-,25-/m1/s1. The van der Waals surface area contributed by atoms with E-state index >= 15 is 4.39 Å². The van der Waals surface area contributed by atoms with Gasteiger partial charge in [0, 0.05) is 23.6 Å². The van der Waals surface area contributed by atoms with Crippen LogP contribution in [-0.4, -0.2) is 38.4 Å². The first-order valence-corrected chi connectivity index (χ1v) is 13.8. The highest BCUT2D eigenvalue weighted by Crippen LogP contribution is 2.53. The number of halogens is 1. The van der Waals surface area contributed by atoms with Gasteiger partial charge in [0.2, 0.25) is 8.32 Å². The maximum atomic E-state index is 15.5. The molecule has 0 saturated carbocycles. The molecule has 1 aliphatic carbocycles. The van der Waals surface area contributed by atoms with Gasteiger partial charge in [-0.05, 0) is 29.1 Å². The minimum atomic E-state index is -2.47. The average molecular weight is 479 g/mol. The number of esters is 1. The highest BCUT2D eigenvalue weighted by molar-refractivity contribution is 6.77. The molecule has 1 spiro atoms. The Kier molecular flexibility index (Phi) is 6.84. The van der Waals surface area contributed by atoms with Crippen LogP contribution in [0.3, 0.4) is 0 Å². The van der Waals surface area contributed by atoms with Crippen molar-refractivity contribution >= 4 is 20.1 Å². The molecule has 2 atom stereocenters. The van der Waals surface area contributed by atoms with E-state index in [1.807, 2.05) is 6.92 Å². The van der Waals surface area contributed by atoms with Crippen LogP contribution in [0.5, 0.6) is 11.5 Å². The summed E-state index contributed by atoms with van der Waals surface area (Å²) in [5, 5.41) is 10.9.